The second kappa shape index (κ2) is 13.3. The van der Waals surface area contributed by atoms with E-state index in [1.165, 1.54) is 30.2 Å². The molecule has 0 saturated carbocycles. The highest BCUT2D eigenvalue weighted by Crippen LogP contribution is 2.71. The summed E-state index contributed by atoms with van der Waals surface area (Å²) in [5.41, 5.74) is -1.15. The first-order valence-corrected chi connectivity index (χ1v) is 16.6. The van der Waals surface area contributed by atoms with E-state index >= 15 is 0 Å². The van der Waals surface area contributed by atoms with Gasteiger partial charge in [-0.15, -0.1) is 0 Å². The van der Waals surface area contributed by atoms with Gasteiger partial charge in [0.1, 0.15) is 24.5 Å². The van der Waals surface area contributed by atoms with E-state index in [1.807, 2.05) is 0 Å². The standard InChI is InChI=1S/C32H28N2O12S3/c1-31(2)25-20(18-13-10-16(34(40)41)14-19(18)33(31)26(35)15-8-11-17(42-3)12-9-15)32(21(27(36)43-4)22(47-25)28(37)44-5)48-23(29(38)45-6)24(49-32)30(39)46-7/h8-14H,1-7H3. The van der Waals surface area contributed by atoms with E-state index in [0.717, 1.165) is 63.7 Å². The van der Waals surface area contributed by atoms with Crippen LogP contribution in [0.15, 0.2) is 67.7 Å². The Bertz CT molecular complexity index is 1900. The fourth-order valence-electron chi connectivity index (χ4n) is 5.64. The molecule has 3 aliphatic rings. The predicted octanol–water partition coefficient (Wildman–Crippen LogP) is 4.83. The number of methoxy groups -OCH3 is 5. The molecule has 2 aromatic carbocycles. The number of amides is 1. The summed E-state index contributed by atoms with van der Waals surface area (Å²) < 4.78 is 23.7. The molecule has 3 heterocycles. The molecule has 0 N–H and O–H groups in total. The predicted molar refractivity (Wildman–Crippen MR) is 182 cm³/mol. The molecule has 14 nitrogen and oxygen atoms in total. The van der Waals surface area contributed by atoms with Gasteiger partial charge in [0, 0.05) is 33.7 Å². The maximum absolute atomic E-state index is 14.5. The van der Waals surface area contributed by atoms with E-state index in [0.29, 0.717) is 10.7 Å². The van der Waals surface area contributed by atoms with Gasteiger partial charge in [-0.25, -0.2) is 19.2 Å². The largest absolute Gasteiger partial charge is 0.497 e. The van der Waals surface area contributed by atoms with Crippen molar-refractivity contribution in [1.82, 2.24) is 0 Å². The Morgan fingerprint density at radius 1 is 0.755 bits per heavy atom. The molecule has 0 aliphatic carbocycles. The minimum absolute atomic E-state index is 0.0943. The minimum atomic E-state index is -1.83. The number of fused-ring (bicyclic) bond motifs is 3. The molecule has 5 rings (SSSR count). The molecular weight excluding hydrogens is 701 g/mol. The summed E-state index contributed by atoms with van der Waals surface area (Å²) >= 11 is 2.36. The van der Waals surface area contributed by atoms with Crippen LogP contribution in [0.3, 0.4) is 0 Å². The van der Waals surface area contributed by atoms with Crippen LogP contribution in [0.25, 0.3) is 5.57 Å². The smallest absolute Gasteiger partial charge is 0.345 e. The lowest BCUT2D eigenvalue weighted by Crippen LogP contribution is -2.53. The Kier molecular flexibility index (Phi) is 9.64. The number of esters is 4. The normalized spacial score (nSPS) is 17.2. The zero-order valence-electron chi connectivity index (χ0n) is 27.1. The zero-order valence-corrected chi connectivity index (χ0v) is 29.5. The average molecular weight is 729 g/mol. The van der Waals surface area contributed by atoms with Gasteiger partial charge in [0.05, 0.1) is 57.3 Å². The third-order valence-electron chi connectivity index (χ3n) is 7.87. The third kappa shape index (κ3) is 5.64. The van der Waals surface area contributed by atoms with Crippen LogP contribution in [0.4, 0.5) is 11.4 Å². The summed E-state index contributed by atoms with van der Waals surface area (Å²) in [7, 11) is 5.92. The number of benzene rings is 2. The number of nitro benzene ring substituents is 1. The van der Waals surface area contributed by atoms with Crippen molar-refractivity contribution in [1.29, 1.82) is 0 Å². The molecule has 0 radical (unpaired) electrons. The molecule has 49 heavy (non-hydrogen) atoms. The van der Waals surface area contributed by atoms with Crippen molar-refractivity contribution in [3.05, 3.63) is 88.9 Å². The van der Waals surface area contributed by atoms with Gasteiger partial charge in [0.25, 0.3) is 11.6 Å². The van der Waals surface area contributed by atoms with Crippen molar-refractivity contribution in [2.75, 3.05) is 40.4 Å². The number of thioether (sulfide) groups is 3. The van der Waals surface area contributed by atoms with Gasteiger partial charge >= 0.3 is 23.9 Å². The summed E-state index contributed by atoms with van der Waals surface area (Å²) in [4.78, 5) is 80.6. The minimum Gasteiger partial charge on any atom is -0.497 e. The van der Waals surface area contributed by atoms with E-state index in [4.69, 9.17) is 23.7 Å². The number of hydrogen-bond acceptors (Lipinski definition) is 15. The molecule has 0 aromatic heterocycles. The van der Waals surface area contributed by atoms with Gasteiger partial charge in [-0.3, -0.25) is 19.8 Å². The molecule has 0 unspecified atom stereocenters. The maximum Gasteiger partial charge on any atom is 0.345 e. The van der Waals surface area contributed by atoms with Crippen molar-refractivity contribution >= 4 is 82.0 Å². The summed E-state index contributed by atoms with van der Waals surface area (Å²) in [6.07, 6.45) is 0. The van der Waals surface area contributed by atoms with Crippen molar-refractivity contribution in [3.63, 3.8) is 0 Å². The second-order valence-corrected chi connectivity index (χ2v) is 14.6. The number of nitro groups is 1. The molecule has 0 fully saturated rings. The maximum atomic E-state index is 14.5. The summed E-state index contributed by atoms with van der Waals surface area (Å²) in [6, 6.07) is 10.2. The molecule has 0 atom stereocenters. The van der Waals surface area contributed by atoms with Crippen LogP contribution in [-0.4, -0.2) is 79.9 Å². The third-order valence-corrected chi connectivity index (χ3v) is 12.5. The second-order valence-electron chi connectivity index (χ2n) is 10.8. The monoisotopic (exact) mass is 728 g/mol. The molecule has 0 saturated heterocycles. The molecule has 1 spiro atoms. The Morgan fingerprint density at radius 3 is 1.78 bits per heavy atom. The Morgan fingerprint density at radius 2 is 1.29 bits per heavy atom. The molecular formula is C32H28N2O12S3. The van der Waals surface area contributed by atoms with Crippen molar-refractivity contribution in [2.45, 2.75) is 23.5 Å². The quantitative estimate of drug-likeness (QED) is 0.164. The van der Waals surface area contributed by atoms with Crippen molar-refractivity contribution in [3.8, 4) is 5.75 Å². The first-order chi connectivity index (χ1) is 23.2. The van der Waals surface area contributed by atoms with Gasteiger partial charge < -0.3 is 23.7 Å². The Labute approximate surface area is 292 Å². The lowest BCUT2D eigenvalue weighted by atomic mass is 9.83. The molecule has 1 amide bonds. The van der Waals surface area contributed by atoms with Crippen LogP contribution in [0.5, 0.6) is 5.75 Å². The van der Waals surface area contributed by atoms with Gasteiger partial charge in [-0.1, -0.05) is 35.3 Å². The van der Waals surface area contributed by atoms with E-state index in [-0.39, 0.29) is 48.4 Å². The molecule has 2 aromatic rings. The van der Waals surface area contributed by atoms with Crippen LogP contribution in [0, 0.1) is 10.1 Å². The van der Waals surface area contributed by atoms with Crippen LogP contribution in [-0.2, 0) is 38.1 Å². The highest BCUT2D eigenvalue weighted by molar-refractivity contribution is 8.26. The summed E-state index contributed by atoms with van der Waals surface area (Å²) in [6.45, 7) is 3.34. The molecule has 0 bridgehead atoms. The van der Waals surface area contributed by atoms with Crippen LogP contribution in [0.2, 0.25) is 0 Å². The fourth-order valence-corrected chi connectivity index (χ4v) is 10.7. The van der Waals surface area contributed by atoms with Gasteiger partial charge in [-0.2, -0.15) is 0 Å². The number of ether oxygens (including phenoxy) is 5. The number of carbonyl (C=O) groups excluding carboxylic acids is 5. The van der Waals surface area contributed by atoms with Crippen LogP contribution in [0.1, 0.15) is 29.8 Å². The number of hydrogen-bond donors (Lipinski definition) is 0. The highest BCUT2D eigenvalue weighted by atomic mass is 32.2. The van der Waals surface area contributed by atoms with E-state index < -0.39 is 44.3 Å². The Balaban J connectivity index is 1.90. The van der Waals surface area contributed by atoms with Gasteiger partial charge in [0.15, 0.2) is 0 Å². The van der Waals surface area contributed by atoms with E-state index in [1.54, 1.807) is 38.1 Å². The lowest BCUT2D eigenvalue weighted by molar-refractivity contribution is -0.384. The lowest BCUT2D eigenvalue weighted by Gasteiger charge is -2.50. The Hall–Kier alpha value is -4.74. The highest BCUT2D eigenvalue weighted by Gasteiger charge is 2.62. The van der Waals surface area contributed by atoms with Crippen LogP contribution < -0.4 is 9.64 Å². The molecule has 3 aliphatic heterocycles. The number of nitrogens with zero attached hydrogens (tertiary/aromatic N) is 2. The number of non-ortho nitro benzene ring substituents is 1. The number of rotatable bonds is 7. The first-order valence-electron chi connectivity index (χ1n) is 14.1. The number of anilines is 1. The van der Waals surface area contributed by atoms with E-state index in [9.17, 15) is 34.1 Å². The van der Waals surface area contributed by atoms with E-state index in [2.05, 4.69) is 0 Å². The number of carbonyl (C=O) groups is 5. The van der Waals surface area contributed by atoms with Gasteiger partial charge in [-0.05, 0) is 44.2 Å². The van der Waals surface area contributed by atoms with Crippen LogP contribution >= 0.6 is 35.3 Å². The molecule has 256 valence electrons. The summed E-state index contributed by atoms with van der Waals surface area (Å²) in [5.74, 6) is -3.80. The average Bonchev–Trinajstić information content (AvgIpc) is 3.49. The van der Waals surface area contributed by atoms with Crippen molar-refractivity contribution in [2.24, 2.45) is 0 Å². The fraction of sp³-hybridized carbons (Fsp3) is 0.281. The zero-order chi connectivity index (χ0) is 36.0. The topological polar surface area (TPSA) is 178 Å². The molecule has 17 heteroatoms. The van der Waals surface area contributed by atoms with Gasteiger partial charge in [0.2, 0.25) is 0 Å². The first kappa shape index (κ1) is 35.6. The summed E-state index contributed by atoms with van der Waals surface area (Å²) in [5, 5.41) is 12.1. The SMILES string of the molecule is COC(=O)C1=C(C(=O)OC)SC2(S1)C(C(=O)OC)=C(C(=O)OC)SC1=C2c2ccc([N+](=O)[O-])cc2N(C(=O)c2ccc(OC)cc2)C1(C)C. The van der Waals surface area contributed by atoms with Crippen molar-refractivity contribution < 1.29 is 52.6 Å².